The smallest absolute Gasteiger partial charge is 0.123 e. The number of hydrogen-bond donors (Lipinski definition) is 1. The van der Waals surface area contributed by atoms with E-state index in [-0.39, 0.29) is 0 Å². The maximum absolute atomic E-state index is 13.2. The summed E-state index contributed by atoms with van der Waals surface area (Å²) in [6.45, 7) is 0. The van der Waals surface area contributed by atoms with Crippen molar-refractivity contribution in [2.45, 2.75) is 6.04 Å². The van der Waals surface area contributed by atoms with Crippen LogP contribution < -0.4 is 5.73 Å². The Hall–Kier alpha value is -0.800. The minimum absolute atomic E-state index is 0.389. The Morgan fingerprint density at radius 2 is 1.44 bits per heavy atom. The van der Waals surface area contributed by atoms with Crippen molar-refractivity contribution in [1.29, 1.82) is 0 Å². The maximum atomic E-state index is 13.2. The Labute approximate surface area is 119 Å². The second kappa shape index (κ2) is 5.45. The Bertz CT molecular complexity index is 535. The SMILES string of the molecule is NC(c1cc(F)ccc1Cl)c1cc(Cl)ccc1Cl. The zero-order chi connectivity index (χ0) is 13.3. The molecule has 1 nitrogen and oxygen atoms in total. The van der Waals surface area contributed by atoms with E-state index in [0.717, 1.165) is 0 Å². The van der Waals surface area contributed by atoms with Gasteiger partial charge in [0.15, 0.2) is 0 Å². The zero-order valence-electron chi connectivity index (χ0n) is 9.13. The van der Waals surface area contributed by atoms with Gasteiger partial charge in [-0.05, 0) is 47.5 Å². The minimum Gasteiger partial charge on any atom is -0.320 e. The van der Waals surface area contributed by atoms with E-state index in [9.17, 15) is 4.39 Å². The van der Waals surface area contributed by atoms with Crippen molar-refractivity contribution in [3.05, 3.63) is 68.4 Å². The average molecular weight is 305 g/mol. The Balaban J connectivity index is 2.50. The van der Waals surface area contributed by atoms with Gasteiger partial charge in [-0.2, -0.15) is 0 Å². The largest absolute Gasteiger partial charge is 0.320 e. The molecule has 2 rings (SSSR count). The molecule has 2 aromatic carbocycles. The molecule has 1 atom stereocenters. The monoisotopic (exact) mass is 303 g/mol. The third-order valence-electron chi connectivity index (χ3n) is 2.59. The van der Waals surface area contributed by atoms with Gasteiger partial charge in [0.2, 0.25) is 0 Å². The summed E-state index contributed by atoms with van der Waals surface area (Å²) in [5.74, 6) is -0.400. The highest BCUT2D eigenvalue weighted by molar-refractivity contribution is 6.34. The second-order valence-electron chi connectivity index (χ2n) is 3.81. The lowest BCUT2D eigenvalue weighted by atomic mass is 9.99. The first-order valence-electron chi connectivity index (χ1n) is 5.14. The molecule has 0 heterocycles. The fourth-order valence-electron chi connectivity index (χ4n) is 1.67. The third kappa shape index (κ3) is 2.78. The second-order valence-corrected chi connectivity index (χ2v) is 5.06. The molecule has 0 aromatic heterocycles. The molecule has 0 amide bonds. The van der Waals surface area contributed by atoms with Crippen LogP contribution in [0, 0.1) is 5.82 Å². The third-order valence-corrected chi connectivity index (χ3v) is 3.51. The van der Waals surface area contributed by atoms with Crippen LogP contribution in [0.15, 0.2) is 36.4 Å². The molecular weight excluding hydrogens is 296 g/mol. The van der Waals surface area contributed by atoms with Gasteiger partial charge in [0.1, 0.15) is 5.82 Å². The summed E-state index contributed by atoms with van der Waals surface area (Å²) in [7, 11) is 0. The van der Waals surface area contributed by atoms with Crippen LogP contribution in [0.5, 0.6) is 0 Å². The van der Waals surface area contributed by atoms with Crippen LogP contribution in [0.4, 0.5) is 4.39 Å². The molecule has 94 valence electrons. The van der Waals surface area contributed by atoms with Crippen molar-refractivity contribution in [2.24, 2.45) is 5.73 Å². The van der Waals surface area contributed by atoms with Crippen molar-refractivity contribution < 1.29 is 4.39 Å². The summed E-state index contributed by atoms with van der Waals surface area (Å²) in [4.78, 5) is 0. The van der Waals surface area contributed by atoms with Crippen LogP contribution in [0.1, 0.15) is 17.2 Å². The highest BCUT2D eigenvalue weighted by Crippen LogP contribution is 2.32. The Morgan fingerprint density at radius 1 is 0.889 bits per heavy atom. The van der Waals surface area contributed by atoms with E-state index in [1.54, 1.807) is 18.2 Å². The Kier molecular flexibility index (Phi) is 4.13. The summed E-state index contributed by atoms with van der Waals surface area (Å²) in [6, 6.07) is 8.36. The van der Waals surface area contributed by atoms with Crippen LogP contribution in [-0.4, -0.2) is 0 Å². The molecule has 2 N–H and O–H groups in total. The number of nitrogens with two attached hydrogens (primary N) is 1. The standard InChI is InChI=1S/C13H9Cl3FN/c14-7-1-3-11(15)9(5-7)13(18)10-6-8(17)2-4-12(10)16/h1-6,13H,18H2. The van der Waals surface area contributed by atoms with Crippen molar-refractivity contribution in [2.75, 3.05) is 0 Å². The van der Waals surface area contributed by atoms with Gasteiger partial charge in [-0.15, -0.1) is 0 Å². The predicted molar refractivity (Wildman–Crippen MR) is 73.9 cm³/mol. The molecule has 5 heteroatoms. The molecule has 0 aliphatic heterocycles. The van der Waals surface area contributed by atoms with E-state index in [4.69, 9.17) is 40.5 Å². The number of hydrogen-bond acceptors (Lipinski definition) is 1. The molecule has 0 aliphatic rings. The van der Waals surface area contributed by atoms with E-state index in [1.807, 2.05) is 0 Å². The predicted octanol–water partition coefficient (Wildman–Crippen LogP) is 4.83. The molecule has 2 aromatic rings. The molecule has 0 fully saturated rings. The molecule has 1 unspecified atom stereocenters. The van der Waals surface area contributed by atoms with Gasteiger partial charge in [-0.1, -0.05) is 34.8 Å². The van der Waals surface area contributed by atoms with E-state index in [1.165, 1.54) is 18.2 Å². The highest BCUT2D eigenvalue weighted by Gasteiger charge is 2.16. The van der Waals surface area contributed by atoms with Crippen molar-refractivity contribution in [3.8, 4) is 0 Å². The fraction of sp³-hybridized carbons (Fsp3) is 0.0769. The van der Waals surface area contributed by atoms with Crippen LogP contribution in [0.25, 0.3) is 0 Å². The first-order valence-corrected chi connectivity index (χ1v) is 6.28. The lowest BCUT2D eigenvalue weighted by Gasteiger charge is -2.16. The summed E-state index contributed by atoms with van der Waals surface area (Å²) in [5, 5.41) is 1.37. The molecule has 0 aliphatic carbocycles. The van der Waals surface area contributed by atoms with Gasteiger partial charge >= 0.3 is 0 Å². The summed E-state index contributed by atoms with van der Waals surface area (Å²) in [6.07, 6.45) is 0. The van der Waals surface area contributed by atoms with Crippen LogP contribution in [0.2, 0.25) is 15.1 Å². The molecule has 18 heavy (non-hydrogen) atoms. The average Bonchev–Trinajstić information content (AvgIpc) is 2.34. The molecule has 0 spiro atoms. The van der Waals surface area contributed by atoms with E-state index < -0.39 is 11.9 Å². The molecule has 0 saturated carbocycles. The van der Waals surface area contributed by atoms with Gasteiger partial charge in [0.05, 0.1) is 6.04 Å². The number of benzene rings is 2. The van der Waals surface area contributed by atoms with Crippen molar-refractivity contribution in [3.63, 3.8) is 0 Å². The number of halogens is 4. The topological polar surface area (TPSA) is 26.0 Å². The van der Waals surface area contributed by atoms with E-state index >= 15 is 0 Å². The first kappa shape index (κ1) is 13.6. The molecular formula is C13H9Cl3FN. The van der Waals surface area contributed by atoms with E-state index in [0.29, 0.717) is 26.2 Å². The lowest BCUT2D eigenvalue weighted by Crippen LogP contribution is -2.13. The molecule has 0 saturated heterocycles. The zero-order valence-corrected chi connectivity index (χ0v) is 11.4. The lowest BCUT2D eigenvalue weighted by molar-refractivity contribution is 0.623. The summed E-state index contributed by atoms with van der Waals surface area (Å²) >= 11 is 18.0. The normalized spacial score (nSPS) is 12.5. The fourth-order valence-corrected chi connectivity index (χ4v) is 2.32. The Morgan fingerprint density at radius 3 is 2.11 bits per heavy atom. The van der Waals surface area contributed by atoms with Gasteiger partial charge in [0, 0.05) is 15.1 Å². The van der Waals surface area contributed by atoms with Crippen LogP contribution >= 0.6 is 34.8 Å². The van der Waals surface area contributed by atoms with Crippen LogP contribution in [-0.2, 0) is 0 Å². The van der Waals surface area contributed by atoms with Gasteiger partial charge in [-0.3, -0.25) is 0 Å². The van der Waals surface area contributed by atoms with E-state index in [2.05, 4.69) is 0 Å². The van der Waals surface area contributed by atoms with Gasteiger partial charge in [-0.25, -0.2) is 4.39 Å². The maximum Gasteiger partial charge on any atom is 0.123 e. The highest BCUT2D eigenvalue weighted by atomic mass is 35.5. The van der Waals surface area contributed by atoms with Crippen LogP contribution in [0.3, 0.4) is 0 Å². The van der Waals surface area contributed by atoms with Crippen molar-refractivity contribution in [1.82, 2.24) is 0 Å². The number of rotatable bonds is 2. The summed E-state index contributed by atoms with van der Waals surface area (Å²) in [5.41, 5.74) is 7.14. The van der Waals surface area contributed by atoms with Crippen molar-refractivity contribution >= 4 is 34.8 Å². The first-order chi connectivity index (χ1) is 8.49. The molecule has 0 bridgehead atoms. The van der Waals surface area contributed by atoms with Gasteiger partial charge < -0.3 is 5.73 Å². The minimum atomic E-state index is -0.626. The quantitative estimate of drug-likeness (QED) is 0.844. The molecule has 0 radical (unpaired) electrons. The van der Waals surface area contributed by atoms with Gasteiger partial charge in [0.25, 0.3) is 0 Å². The summed E-state index contributed by atoms with van der Waals surface area (Å²) < 4.78 is 13.2.